The van der Waals surface area contributed by atoms with Crippen LogP contribution in [0, 0.1) is 23.7 Å². The normalized spacial score (nSPS) is 18.0. The summed E-state index contributed by atoms with van der Waals surface area (Å²) >= 11 is 12.4. The van der Waals surface area contributed by atoms with Crippen LogP contribution in [0.3, 0.4) is 0 Å². The van der Waals surface area contributed by atoms with E-state index in [-0.39, 0.29) is 32.6 Å². The molecular weight excluding hydrogens is 745 g/mol. The van der Waals surface area contributed by atoms with Gasteiger partial charge in [-0.05, 0) is 51.7 Å². The largest absolute Gasteiger partial charge is 0.481 e. The standard InChI is InChI=1S/C43H37Cl2NO9/c44-33-18-15-28(22-34(33)45)21-32(55-41(50)31-17-16-29-13-7-8-14-30(29)23-31)19-20-46-39(47)35-36(40(48)49)38(43(52)54-25-27-11-5-2-6-12-27)37(35)42(51)53-24-26-9-3-1-4-10-26/h1-18,22-23,32,35-38H,19-21,24-25H2,(H,46,47)(H,48,49). The third-order valence-corrected chi connectivity index (χ3v) is 10.3. The summed E-state index contributed by atoms with van der Waals surface area (Å²) in [5.41, 5.74) is 2.39. The molecule has 12 heteroatoms. The van der Waals surface area contributed by atoms with Gasteiger partial charge in [0.15, 0.2) is 0 Å². The molecule has 282 valence electrons. The molecule has 0 saturated heterocycles. The fourth-order valence-corrected chi connectivity index (χ4v) is 7.08. The van der Waals surface area contributed by atoms with Crippen LogP contribution in [0.1, 0.15) is 33.5 Å². The zero-order valence-electron chi connectivity index (χ0n) is 29.4. The van der Waals surface area contributed by atoms with E-state index >= 15 is 0 Å². The number of carbonyl (C=O) groups is 5. The first kappa shape index (κ1) is 39.0. The van der Waals surface area contributed by atoms with Gasteiger partial charge in [0, 0.05) is 19.4 Å². The molecule has 0 aromatic heterocycles. The van der Waals surface area contributed by atoms with Gasteiger partial charge in [-0.2, -0.15) is 0 Å². The Labute approximate surface area is 327 Å². The topological polar surface area (TPSA) is 145 Å². The number of hydrogen-bond donors (Lipinski definition) is 2. The lowest BCUT2D eigenvalue weighted by atomic mass is 9.56. The highest BCUT2D eigenvalue weighted by Gasteiger charge is 2.64. The number of amides is 1. The Bertz CT molecular complexity index is 2180. The van der Waals surface area contributed by atoms with Crippen LogP contribution in [0.15, 0.2) is 121 Å². The molecule has 1 aliphatic carbocycles. The van der Waals surface area contributed by atoms with Crippen LogP contribution in [0.4, 0.5) is 0 Å². The molecule has 0 heterocycles. The molecule has 1 amide bonds. The van der Waals surface area contributed by atoms with Gasteiger partial charge in [-0.1, -0.05) is 120 Å². The summed E-state index contributed by atoms with van der Waals surface area (Å²) in [7, 11) is 0. The van der Waals surface area contributed by atoms with Gasteiger partial charge < -0.3 is 24.6 Å². The number of rotatable bonds is 15. The van der Waals surface area contributed by atoms with Gasteiger partial charge in [0.25, 0.3) is 0 Å². The van der Waals surface area contributed by atoms with Crippen LogP contribution in [-0.4, -0.2) is 47.5 Å². The summed E-state index contributed by atoms with van der Waals surface area (Å²) < 4.78 is 16.9. The molecule has 5 atom stereocenters. The van der Waals surface area contributed by atoms with E-state index in [1.165, 1.54) is 0 Å². The second-order valence-corrected chi connectivity index (χ2v) is 14.1. The highest BCUT2D eigenvalue weighted by molar-refractivity contribution is 6.42. The predicted octanol–water partition coefficient (Wildman–Crippen LogP) is 7.47. The lowest BCUT2D eigenvalue weighted by Gasteiger charge is -2.45. The first-order valence-electron chi connectivity index (χ1n) is 17.6. The molecule has 2 N–H and O–H groups in total. The van der Waals surface area contributed by atoms with Crippen molar-refractivity contribution in [1.82, 2.24) is 5.32 Å². The number of esters is 3. The Morgan fingerprint density at radius 2 is 1.20 bits per heavy atom. The number of benzene rings is 5. The first-order valence-corrected chi connectivity index (χ1v) is 18.4. The number of aliphatic carboxylic acids is 1. The number of nitrogens with one attached hydrogen (secondary N) is 1. The van der Waals surface area contributed by atoms with E-state index in [0.29, 0.717) is 26.7 Å². The van der Waals surface area contributed by atoms with Gasteiger partial charge in [-0.25, -0.2) is 4.79 Å². The van der Waals surface area contributed by atoms with Crippen LogP contribution < -0.4 is 5.32 Å². The molecule has 0 spiro atoms. The van der Waals surface area contributed by atoms with Crippen molar-refractivity contribution in [3.8, 4) is 0 Å². The molecule has 6 rings (SSSR count). The quantitative estimate of drug-likeness (QED) is 0.0816. The first-order chi connectivity index (χ1) is 26.6. The number of fused-ring (bicyclic) bond motifs is 1. The van der Waals surface area contributed by atoms with E-state index in [2.05, 4.69) is 5.32 Å². The minimum Gasteiger partial charge on any atom is -0.481 e. The van der Waals surface area contributed by atoms with Crippen molar-refractivity contribution in [2.24, 2.45) is 23.7 Å². The van der Waals surface area contributed by atoms with E-state index in [1.807, 2.05) is 30.3 Å². The van der Waals surface area contributed by atoms with Gasteiger partial charge in [-0.3, -0.25) is 19.2 Å². The number of carboxylic acid groups (broad SMARTS) is 1. The second kappa shape index (κ2) is 18.1. The Kier molecular flexibility index (Phi) is 12.8. The van der Waals surface area contributed by atoms with Crippen molar-refractivity contribution in [2.45, 2.75) is 32.2 Å². The lowest BCUT2D eigenvalue weighted by Crippen LogP contribution is -2.62. The number of halogens is 2. The molecule has 5 aromatic rings. The smallest absolute Gasteiger partial charge is 0.338 e. The molecule has 55 heavy (non-hydrogen) atoms. The highest BCUT2D eigenvalue weighted by atomic mass is 35.5. The zero-order chi connectivity index (χ0) is 38.9. The molecule has 1 fully saturated rings. The van der Waals surface area contributed by atoms with Crippen molar-refractivity contribution >= 4 is 63.8 Å². The maximum atomic E-state index is 13.8. The third-order valence-electron chi connectivity index (χ3n) is 9.60. The van der Waals surface area contributed by atoms with E-state index < -0.39 is 59.6 Å². The summed E-state index contributed by atoms with van der Waals surface area (Å²) in [4.78, 5) is 66.7. The van der Waals surface area contributed by atoms with Crippen LogP contribution in [-0.2, 0) is 53.0 Å². The minimum absolute atomic E-state index is 0.0619. The average molecular weight is 783 g/mol. The van der Waals surface area contributed by atoms with Crippen molar-refractivity contribution in [3.63, 3.8) is 0 Å². The number of ether oxygens (including phenoxy) is 3. The van der Waals surface area contributed by atoms with Crippen LogP contribution >= 0.6 is 23.2 Å². The van der Waals surface area contributed by atoms with Gasteiger partial charge in [0.1, 0.15) is 19.3 Å². The summed E-state index contributed by atoms with van der Waals surface area (Å²) in [6.45, 7) is -0.357. The highest BCUT2D eigenvalue weighted by Crippen LogP contribution is 2.48. The van der Waals surface area contributed by atoms with Crippen LogP contribution in [0.2, 0.25) is 10.0 Å². The second-order valence-electron chi connectivity index (χ2n) is 13.2. The molecule has 5 aromatic carbocycles. The molecule has 5 unspecified atom stereocenters. The monoisotopic (exact) mass is 781 g/mol. The van der Waals surface area contributed by atoms with E-state index in [0.717, 1.165) is 16.3 Å². The Hall–Kier alpha value is -5.71. The summed E-state index contributed by atoms with van der Waals surface area (Å²) in [6.07, 6.45) is -0.432. The van der Waals surface area contributed by atoms with E-state index in [9.17, 15) is 29.1 Å². The molecule has 0 bridgehead atoms. The zero-order valence-corrected chi connectivity index (χ0v) is 31.0. The van der Waals surface area contributed by atoms with Crippen LogP contribution in [0.25, 0.3) is 10.8 Å². The van der Waals surface area contributed by atoms with E-state index in [1.54, 1.807) is 91.0 Å². The van der Waals surface area contributed by atoms with Gasteiger partial charge in [0.2, 0.25) is 5.91 Å². The predicted molar refractivity (Wildman–Crippen MR) is 205 cm³/mol. The molecule has 0 radical (unpaired) electrons. The number of hydrogen-bond acceptors (Lipinski definition) is 8. The minimum atomic E-state index is -1.56. The number of carbonyl (C=O) groups excluding carboxylic acids is 4. The Morgan fingerprint density at radius 1 is 0.618 bits per heavy atom. The molecule has 0 aliphatic heterocycles. The van der Waals surface area contributed by atoms with Crippen molar-refractivity contribution in [1.29, 1.82) is 0 Å². The van der Waals surface area contributed by atoms with Crippen LogP contribution in [0.5, 0.6) is 0 Å². The fourth-order valence-electron chi connectivity index (χ4n) is 6.76. The summed E-state index contributed by atoms with van der Waals surface area (Å²) in [6, 6.07) is 35.4. The third kappa shape index (κ3) is 9.70. The Morgan fingerprint density at radius 3 is 1.80 bits per heavy atom. The number of carboxylic acids is 1. The summed E-state index contributed by atoms with van der Waals surface area (Å²) in [5, 5.41) is 15.4. The maximum Gasteiger partial charge on any atom is 0.338 e. The SMILES string of the molecule is O=C(OC(CCNC(=O)C1C(C(=O)O)C(C(=O)OCc2ccccc2)C1C(=O)OCc1ccccc1)Cc1ccc(Cl)c(Cl)c1)c1ccc2ccccc2c1. The van der Waals surface area contributed by atoms with Crippen molar-refractivity contribution in [2.75, 3.05) is 6.54 Å². The molecule has 10 nitrogen and oxygen atoms in total. The Balaban J connectivity index is 1.17. The summed E-state index contributed by atoms with van der Waals surface area (Å²) in [5.74, 6) is -10.5. The van der Waals surface area contributed by atoms with Crippen molar-refractivity contribution in [3.05, 3.63) is 154 Å². The van der Waals surface area contributed by atoms with E-state index in [4.69, 9.17) is 37.4 Å². The molecule has 1 aliphatic rings. The molecular formula is C43H37Cl2NO9. The lowest BCUT2D eigenvalue weighted by molar-refractivity contribution is -0.193. The maximum absolute atomic E-state index is 13.8. The van der Waals surface area contributed by atoms with Crippen molar-refractivity contribution < 1.29 is 43.3 Å². The van der Waals surface area contributed by atoms with Gasteiger partial charge >= 0.3 is 23.9 Å². The fraction of sp³-hybridized carbons (Fsp3) is 0.233. The van der Waals surface area contributed by atoms with Gasteiger partial charge in [0.05, 0.1) is 39.3 Å². The van der Waals surface area contributed by atoms with Gasteiger partial charge in [-0.15, -0.1) is 0 Å². The average Bonchev–Trinajstić information content (AvgIpc) is 3.17. The molecule has 1 saturated carbocycles.